The molecule has 0 amide bonds. The molecule has 0 spiro atoms. The lowest BCUT2D eigenvalue weighted by molar-refractivity contribution is 0.151. The van der Waals surface area contributed by atoms with Gasteiger partial charge in [-0.1, -0.05) is 0 Å². The molecule has 0 aromatic rings. The molecule has 0 aromatic heterocycles. The van der Waals surface area contributed by atoms with Crippen LogP contribution < -0.4 is 5.73 Å². The molecule has 2 N–H and O–H groups in total. The van der Waals surface area contributed by atoms with Crippen LogP contribution in [-0.4, -0.2) is 54.5 Å². The van der Waals surface area contributed by atoms with Crippen LogP contribution in [0.5, 0.6) is 0 Å². The van der Waals surface area contributed by atoms with Crippen molar-refractivity contribution in [1.29, 1.82) is 0 Å². The fourth-order valence-corrected chi connectivity index (χ4v) is 1.60. The number of likely N-dealkylation sites (N-methyl/N-ethyl adjacent to an activating group) is 1. The van der Waals surface area contributed by atoms with Gasteiger partial charge in [-0.15, -0.1) is 0 Å². The maximum atomic E-state index is 5.91. The van der Waals surface area contributed by atoms with E-state index in [0.29, 0.717) is 12.0 Å². The molecule has 0 saturated carbocycles. The minimum absolute atomic E-state index is 0.282. The number of guanidine groups is 1. The van der Waals surface area contributed by atoms with Crippen molar-refractivity contribution in [1.82, 2.24) is 9.80 Å². The van der Waals surface area contributed by atoms with Gasteiger partial charge in [0.25, 0.3) is 0 Å². The van der Waals surface area contributed by atoms with Crippen molar-refractivity contribution in [3.8, 4) is 0 Å². The summed E-state index contributed by atoms with van der Waals surface area (Å²) >= 11 is 0. The number of rotatable bonds is 1. The lowest BCUT2D eigenvalue weighted by atomic mass is 10.2. The first-order valence-corrected chi connectivity index (χ1v) is 5.29. The molecule has 0 bridgehead atoms. The van der Waals surface area contributed by atoms with E-state index in [4.69, 9.17) is 5.73 Å². The summed E-state index contributed by atoms with van der Waals surface area (Å²) in [5, 5.41) is 0. The van der Waals surface area contributed by atoms with Gasteiger partial charge in [0, 0.05) is 31.7 Å². The van der Waals surface area contributed by atoms with Crippen molar-refractivity contribution in [3.63, 3.8) is 0 Å². The molecule has 4 heteroatoms. The summed E-state index contributed by atoms with van der Waals surface area (Å²) in [4.78, 5) is 8.88. The van der Waals surface area contributed by atoms with Gasteiger partial charge in [0.1, 0.15) is 0 Å². The van der Waals surface area contributed by atoms with Crippen LogP contribution in [0, 0.1) is 0 Å². The van der Waals surface area contributed by atoms with Crippen LogP contribution in [0.25, 0.3) is 0 Å². The second-order valence-corrected chi connectivity index (χ2v) is 4.36. The zero-order valence-electron chi connectivity index (χ0n) is 9.70. The van der Waals surface area contributed by atoms with Crippen LogP contribution in [0.2, 0.25) is 0 Å². The van der Waals surface area contributed by atoms with Gasteiger partial charge in [0.15, 0.2) is 5.96 Å². The summed E-state index contributed by atoms with van der Waals surface area (Å²) in [7, 11) is 2.15. The Morgan fingerprint density at radius 2 is 2.07 bits per heavy atom. The maximum Gasteiger partial charge on any atom is 0.191 e. The van der Waals surface area contributed by atoms with Crippen molar-refractivity contribution < 1.29 is 0 Å². The van der Waals surface area contributed by atoms with E-state index >= 15 is 0 Å². The second kappa shape index (κ2) is 4.64. The third-order valence-electron chi connectivity index (χ3n) is 2.67. The van der Waals surface area contributed by atoms with E-state index in [1.165, 1.54) is 0 Å². The average Bonchev–Trinajstić information content (AvgIpc) is 2.08. The van der Waals surface area contributed by atoms with E-state index in [-0.39, 0.29) is 6.04 Å². The van der Waals surface area contributed by atoms with Gasteiger partial charge in [-0.05, 0) is 27.8 Å². The summed E-state index contributed by atoms with van der Waals surface area (Å²) in [6.45, 7) is 9.35. The monoisotopic (exact) mass is 198 g/mol. The number of nitrogens with two attached hydrogens (primary N) is 1. The molecule has 1 aliphatic heterocycles. The van der Waals surface area contributed by atoms with Crippen LogP contribution in [0.4, 0.5) is 0 Å². The Morgan fingerprint density at radius 1 is 1.43 bits per heavy atom. The molecule has 0 aromatic carbocycles. The Kier molecular flexibility index (Phi) is 3.75. The first kappa shape index (κ1) is 11.3. The third-order valence-corrected chi connectivity index (χ3v) is 2.67. The van der Waals surface area contributed by atoms with E-state index in [9.17, 15) is 0 Å². The summed E-state index contributed by atoms with van der Waals surface area (Å²) in [5.74, 6) is 0.694. The van der Waals surface area contributed by atoms with E-state index in [0.717, 1.165) is 19.6 Å². The van der Waals surface area contributed by atoms with Gasteiger partial charge in [0.2, 0.25) is 0 Å². The predicted molar refractivity (Wildman–Crippen MR) is 60.4 cm³/mol. The van der Waals surface area contributed by atoms with Gasteiger partial charge < -0.3 is 15.5 Å². The zero-order valence-corrected chi connectivity index (χ0v) is 9.70. The van der Waals surface area contributed by atoms with Crippen molar-refractivity contribution in [2.45, 2.75) is 32.9 Å². The molecule has 1 unspecified atom stereocenters. The largest absolute Gasteiger partial charge is 0.370 e. The van der Waals surface area contributed by atoms with E-state index in [1.54, 1.807) is 0 Å². The van der Waals surface area contributed by atoms with Crippen LogP contribution in [0.1, 0.15) is 20.8 Å². The van der Waals surface area contributed by atoms with Gasteiger partial charge in [-0.3, -0.25) is 4.99 Å². The predicted octanol–water partition coefficient (Wildman–Crippen LogP) is 0.345. The fourth-order valence-electron chi connectivity index (χ4n) is 1.60. The van der Waals surface area contributed by atoms with Crippen molar-refractivity contribution in [2.24, 2.45) is 10.7 Å². The highest BCUT2D eigenvalue weighted by Gasteiger charge is 2.21. The van der Waals surface area contributed by atoms with Crippen LogP contribution in [0.3, 0.4) is 0 Å². The van der Waals surface area contributed by atoms with Crippen molar-refractivity contribution in [3.05, 3.63) is 0 Å². The molecular formula is C10H22N4. The topological polar surface area (TPSA) is 44.9 Å². The minimum atomic E-state index is 0.282. The molecule has 82 valence electrons. The molecule has 4 nitrogen and oxygen atoms in total. The zero-order chi connectivity index (χ0) is 10.7. The number of hydrogen-bond acceptors (Lipinski definition) is 2. The number of hydrogen-bond donors (Lipinski definition) is 1. The normalized spacial score (nSPS) is 25.9. The van der Waals surface area contributed by atoms with Gasteiger partial charge >= 0.3 is 0 Å². The Bertz CT molecular complexity index is 212. The summed E-state index contributed by atoms with van der Waals surface area (Å²) < 4.78 is 0. The first-order valence-electron chi connectivity index (χ1n) is 5.29. The Hall–Kier alpha value is -0.770. The Labute approximate surface area is 86.8 Å². The van der Waals surface area contributed by atoms with E-state index in [1.807, 2.05) is 13.8 Å². The molecule has 1 fully saturated rings. The highest BCUT2D eigenvalue weighted by molar-refractivity contribution is 5.78. The smallest absolute Gasteiger partial charge is 0.191 e. The first-order chi connectivity index (χ1) is 6.50. The van der Waals surface area contributed by atoms with Gasteiger partial charge in [0.05, 0.1) is 0 Å². The second-order valence-electron chi connectivity index (χ2n) is 4.36. The molecule has 0 radical (unpaired) electrons. The van der Waals surface area contributed by atoms with E-state index < -0.39 is 0 Å². The third kappa shape index (κ3) is 2.87. The standard InChI is InChI=1S/C10H22N4/c1-8(2)12-10(11)14-6-5-13(4)9(3)7-14/h8-9H,5-7H2,1-4H3,(H2,11,12). The molecule has 1 heterocycles. The summed E-state index contributed by atoms with van der Waals surface area (Å²) in [6.07, 6.45) is 0. The van der Waals surface area contributed by atoms with Crippen LogP contribution in [-0.2, 0) is 0 Å². The SMILES string of the molecule is CC(C)N=C(N)N1CCN(C)C(C)C1. The summed E-state index contributed by atoms with van der Waals surface area (Å²) in [6, 6.07) is 0.842. The number of piperazine rings is 1. The van der Waals surface area contributed by atoms with Crippen molar-refractivity contribution >= 4 is 5.96 Å². The van der Waals surface area contributed by atoms with Crippen molar-refractivity contribution in [2.75, 3.05) is 26.7 Å². The fraction of sp³-hybridized carbons (Fsp3) is 0.900. The van der Waals surface area contributed by atoms with Gasteiger partial charge in [-0.2, -0.15) is 0 Å². The Morgan fingerprint density at radius 3 is 2.57 bits per heavy atom. The maximum absolute atomic E-state index is 5.91. The van der Waals surface area contributed by atoms with Crippen LogP contribution >= 0.6 is 0 Å². The molecule has 0 aliphatic carbocycles. The highest BCUT2D eigenvalue weighted by Crippen LogP contribution is 2.06. The lowest BCUT2D eigenvalue weighted by Gasteiger charge is -2.38. The summed E-state index contributed by atoms with van der Waals surface area (Å²) in [5.41, 5.74) is 5.91. The number of aliphatic imine (C=N–C) groups is 1. The molecule has 1 saturated heterocycles. The quantitative estimate of drug-likeness (QED) is 0.488. The average molecular weight is 198 g/mol. The van der Waals surface area contributed by atoms with Crippen LogP contribution in [0.15, 0.2) is 4.99 Å². The molecule has 1 aliphatic rings. The number of nitrogens with zero attached hydrogens (tertiary/aromatic N) is 3. The van der Waals surface area contributed by atoms with E-state index in [2.05, 4.69) is 28.8 Å². The minimum Gasteiger partial charge on any atom is -0.370 e. The lowest BCUT2D eigenvalue weighted by Crippen LogP contribution is -2.54. The Balaban J connectivity index is 2.54. The molecule has 1 atom stereocenters. The highest BCUT2D eigenvalue weighted by atomic mass is 15.3. The molecule has 14 heavy (non-hydrogen) atoms. The van der Waals surface area contributed by atoms with Gasteiger partial charge in [-0.25, -0.2) is 0 Å². The molecule has 1 rings (SSSR count). The molecular weight excluding hydrogens is 176 g/mol.